The van der Waals surface area contributed by atoms with Crippen molar-refractivity contribution in [2.24, 2.45) is 4.40 Å². The molecule has 0 unspecified atom stereocenters. The number of phenolic OH excluding ortho intramolecular Hbond substituents is 1. The van der Waals surface area contributed by atoms with E-state index in [1.165, 1.54) is 13.2 Å². The topological polar surface area (TPSA) is 88.4 Å². The lowest BCUT2D eigenvalue weighted by atomic mass is 10.0. The second-order valence-corrected chi connectivity index (χ2v) is 9.55. The van der Waals surface area contributed by atoms with Gasteiger partial charge in [-0.05, 0) is 38.5 Å². The van der Waals surface area contributed by atoms with Crippen molar-refractivity contribution < 1.29 is 23.9 Å². The summed E-state index contributed by atoms with van der Waals surface area (Å²) in [6.07, 6.45) is -0.771. The Morgan fingerprint density at radius 3 is 2.45 bits per heavy atom. The number of aromatic hydroxyl groups is 1. The van der Waals surface area contributed by atoms with E-state index in [9.17, 15) is 14.4 Å². The first-order valence-electron chi connectivity index (χ1n) is 9.37. The lowest BCUT2D eigenvalue weighted by Crippen LogP contribution is -2.24. The molecule has 0 aliphatic heterocycles. The second-order valence-electron chi connectivity index (χ2n) is 7.64. The maximum absolute atomic E-state index is 12.6. The molecular weight excluding hydrogens is 390 g/mol. The SMILES string of the molecule is COc1ccc(/C(C[C@H](O)COCc2ccccc2)=N/[S@@](=O)C(C)(C)C)c(O)c1. The van der Waals surface area contributed by atoms with E-state index < -0.39 is 21.8 Å². The monoisotopic (exact) mass is 419 g/mol. The zero-order valence-corrected chi connectivity index (χ0v) is 18.1. The summed E-state index contributed by atoms with van der Waals surface area (Å²) < 4.78 is 27.0. The molecule has 2 N–H and O–H groups in total. The van der Waals surface area contributed by atoms with E-state index in [-0.39, 0.29) is 18.8 Å². The highest BCUT2D eigenvalue weighted by atomic mass is 32.2. The maximum Gasteiger partial charge on any atom is 0.145 e. The molecule has 2 atom stereocenters. The fraction of sp³-hybridized carbons (Fsp3) is 0.409. The number of hydrogen-bond donors (Lipinski definition) is 2. The Hall–Kier alpha value is -2.22. The molecule has 29 heavy (non-hydrogen) atoms. The molecule has 0 heterocycles. The summed E-state index contributed by atoms with van der Waals surface area (Å²) in [5.74, 6) is 0.445. The van der Waals surface area contributed by atoms with Gasteiger partial charge in [0.15, 0.2) is 0 Å². The third-order valence-electron chi connectivity index (χ3n) is 4.08. The molecule has 6 nitrogen and oxygen atoms in total. The zero-order chi connectivity index (χ0) is 21.4. The van der Waals surface area contributed by atoms with Crippen LogP contribution in [0.1, 0.15) is 38.3 Å². The van der Waals surface area contributed by atoms with Crippen LogP contribution >= 0.6 is 0 Å². The molecule has 0 aromatic heterocycles. The first kappa shape index (κ1) is 23.1. The Bertz CT molecular complexity index is 846. The molecule has 7 heteroatoms. The number of benzene rings is 2. The van der Waals surface area contributed by atoms with Crippen LogP contribution in [0.15, 0.2) is 52.9 Å². The Morgan fingerprint density at radius 1 is 1.17 bits per heavy atom. The van der Waals surface area contributed by atoms with Crippen molar-refractivity contribution in [3.05, 3.63) is 59.7 Å². The van der Waals surface area contributed by atoms with Gasteiger partial charge in [0.05, 0.1) is 36.9 Å². The van der Waals surface area contributed by atoms with E-state index in [2.05, 4.69) is 4.40 Å². The van der Waals surface area contributed by atoms with Crippen LogP contribution in [0.3, 0.4) is 0 Å². The van der Waals surface area contributed by atoms with Gasteiger partial charge in [0.1, 0.15) is 22.5 Å². The van der Waals surface area contributed by atoms with Gasteiger partial charge >= 0.3 is 0 Å². The predicted octanol–water partition coefficient (Wildman–Crippen LogP) is 3.62. The smallest absolute Gasteiger partial charge is 0.145 e. The molecule has 2 aromatic carbocycles. The molecule has 0 spiro atoms. The van der Waals surface area contributed by atoms with Crippen LogP contribution in [-0.2, 0) is 22.3 Å². The molecule has 0 amide bonds. The van der Waals surface area contributed by atoms with Crippen molar-refractivity contribution in [2.75, 3.05) is 13.7 Å². The Labute approximate surface area is 174 Å². The largest absolute Gasteiger partial charge is 0.507 e. The molecular formula is C22H29NO5S. The van der Waals surface area contributed by atoms with Gasteiger partial charge in [-0.15, -0.1) is 0 Å². The maximum atomic E-state index is 12.6. The molecule has 2 rings (SSSR count). The summed E-state index contributed by atoms with van der Waals surface area (Å²) in [5.41, 5.74) is 1.77. The van der Waals surface area contributed by atoms with Crippen molar-refractivity contribution in [1.82, 2.24) is 0 Å². The molecule has 0 saturated heterocycles. The summed E-state index contributed by atoms with van der Waals surface area (Å²) in [5, 5.41) is 20.8. The summed E-state index contributed by atoms with van der Waals surface area (Å²) in [6.45, 7) is 5.92. The summed E-state index contributed by atoms with van der Waals surface area (Å²) in [6, 6.07) is 14.5. The van der Waals surface area contributed by atoms with Crippen molar-refractivity contribution in [1.29, 1.82) is 0 Å². The van der Waals surface area contributed by atoms with E-state index in [1.54, 1.807) is 12.1 Å². The third-order valence-corrected chi connectivity index (χ3v) is 5.52. The fourth-order valence-corrected chi connectivity index (χ4v) is 3.13. The normalized spacial score (nSPS) is 14.4. The van der Waals surface area contributed by atoms with Gasteiger partial charge in [0.25, 0.3) is 0 Å². The average molecular weight is 420 g/mol. The van der Waals surface area contributed by atoms with Crippen molar-refractivity contribution in [3.63, 3.8) is 0 Å². The first-order valence-corrected chi connectivity index (χ1v) is 10.5. The van der Waals surface area contributed by atoms with Crippen LogP contribution in [0.25, 0.3) is 0 Å². The highest BCUT2D eigenvalue weighted by molar-refractivity contribution is 7.85. The zero-order valence-electron chi connectivity index (χ0n) is 17.3. The van der Waals surface area contributed by atoms with Crippen LogP contribution in [0.4, 0.5) is 0 Å². The number of rotatable bonds is 9. The van der Waals surface area contributed by atoms with E-state index in [4.69, 9.17) is 9.47 Å². The molecule has 0 aliphatic rings. The minimum absolute atomic E-state index is 0.0496. The minimum atomic E-state index is -1.54. The number of aliphatic hydroxyl groups excluding tert-OH is 1. The number of ether oxygens (including phenoxy) is 2. The van der Waals surface area contributed by atoms with E-state index >= 15 is 0 Å². The van der Waals surface area contributed by atoms with Gasteiger partial charge in [0.2, 0.25) is 0 Å². The second kappa shape index (κ2) is 10.5. The van der Waals surface area contributed by atoms with Gasteiger partial charge in [-0.2, -0.15) is 4.40 Å². The van der Waals surface area contributed by atoms with Crippen LogP contribution in [0.2, 0.25) is 0 Å². The molecule has 0 radical (unpaired) electrons. The van der Waals surface area contributed by atoms with Gasteiger partial charge in [-0.1, -0.05) is 30.3 Å². The summed E-state index contributed by atoms with van der Waals surface area (Å²) >= 11 is 0. The predicted molar refractivity (Wildman–Crippen MR) is 116 cm³/mol. The number of aliphatic hydroxyl groups is 1. The fourth-order valence-electron chi connectivity index (χ4n) is 2.49. The number of hydrogen-bond acceptors (Lipinski definition) is 5. The standard InChI is InChI=1S/C22H29NO5S/c1-22(2,3)29(26)23-20(19-11-10-18(27-4)13-21(19)25)12-17(24)15-28-14-16-8-6-5-7-9-16/h5-11,13,17,24-25H,12,14-15H2,1-4H3/b23-20+/t17-,29-/m0/s1. The van der Waals surface area contributed by atoms with Crippen molar-refractivity contribution in [3.8, 4) is 11.5 Å². The van der Waals surface area contributed by atoms with E-state index in [0.29, 0.717) is 23.6 Å². The van der Waals surface area contributed by atoms with Crippen LogP contribution in [0, 0.1) is 0 Å². The van der Waals surface area contributed by atoms with Gasteiger partial charge in [0, 0.05) is 18.1 Å². The number of nitrogens with zero attached hydrogens (tertiary/aromatic N) is 1. The average Bonchev–Trinajstić information content (AvgIpc) is 2.67. The van der Waals surface area contributed by atoms with Gasteiger partial charge in [-0.25, -0.2) is 4.21 Å². The summed E-state index contributed by atoms with van der Waals surface area (Å²) in [7, 11) is -0.0356. The minimum Gasteiger partial charge on any atom is -0.507 e. The lowest BCUT2D eigenvalue weighted by molar-refractivity contribution is 0.0322. The highest BCUT2D eigenvalue weighted by Crippen LogP contribution is 2.26. The Morgan fingerprint density at radius 2 is 1.86 bits per heavy atom. The molecule has 2 aromatic rings. The van der Waals surface area contributed by atoms with Gasteiger partial charge < -0.3 is 19.7 Å². The summed E-state index contributed by atoms with van der Waals surface area (Å²) in [4.78, 5) is 0. The van der Waals surface area contributed by atoms with Crippen molar-refractivity contribution >= 4 is 16.7 Å². The molecule has 0 saturated carbocycles. The van der Waals surface area contributed by atoms with Crippen molar-refractivity contribution in [2.45, 2.75) is 44.6 Å². The molecule has 0 aliphatic carbocycles. The lowest BCUT2D eigenvalue weighted by Gasteiger charge is -2.18. The highest BCUT2D eigenvalue weighted by Gasteiger charge is 2.22. The Kier molecular flexibility index (Phi) is 8.37. The number of methoxy groups -OCH3 is 1. The van der Waals surface area contributed by atoms with Gasteiger partial charge in [-0.3, -0.25) is 0 Å². The number of phenols is 1. The Balaban J connectivity index is 2.15. The van der Waals surface area contributed by atoms with E-state index in [0.717, 1.165) is 5.56 Å². The first-order chi connectivity index (χ1) is 13.7. The van der Waals surface area contributed by atoms with E-state index in [1.807, 2.05) is 51.1 Å². The van der Waals surface area contributed by atoms with Crippen LogP contribution in [-0.4, -0.2) is 44.7 Å². The van der Waals surface area contributed by atoms with Crippen LogP contribution < -0.4 is 4.74 Å². The third kappa shape index (κ3) is 7.27. The molecule has 158 valence electrons. The molecule has 0 fully saturated rings. The van der Waals surface area contributed by atoms with Crippen LogP contribution in [0.5, 0.6) is 11.5 Å². The quantitative estimate of drug-likeness (QED) is 0.606. The molecule has 0 bridgehead atoms.